The first kappa shape index (κ1) is 16.3. The molecule has 0 unspecified atom stereocenters. The van der Waals surface area contributed by atoms with Crippen molar-refractivity contribution in [2.75, 3.05) is 32.1 Å². The molecule has 0 aliphatic rings. The van der Waals surface area contributed by atoms with Crippen molar-refractivity contribution >= 4 is 11.6 Å². The van der Waals surface area contributed by atoms with Crippen molar-refractivity contribution in [2.24, 2.45) is 0 Å². The Labute approximate surface area is 120 Å². The standard InChI is InChI=1S/C15H24N2O3/c1-4-8-19-13-7-6-12(17-15(18)11-16-3)10-14(13)20-9-5-2/h6-7,10,16H,4-5,8-9,11H2,1-3H3,(H,17,18). The molecule has 0 aromatic heterocycles. The summed E-state index contributed by atoms with van der Waals surface area (Å²) in [5.41, 5.74) is 0.709. The summed E-state index contributed by atoms with van der Waals surface area (Å²) in [7, 11) is 1.73. The lowest BCUT2D eigenvalue weighted by Crippen LogP contribution is -2.25. The number of hydrogen-bond acceptors (Lipinski definition) is 4. The third-order valence-corrected chi connectivity index (χ3v) is 2.49. The van der Waals surface area contributed by atoms with Gasteiger partial charge in [-0.05, 0) is 32.0 Å². The highest BCUT2D eigenvalue weighted by Gasteiger charge is 2.08. The highest BCUT2D eigenvalue weighted by Crippen LogP contribution is 2.30. The molecule has 0 saturated carbocycles. The van der Waals surface area contributed by atoms with E-state index < -0.39 is 0 Å². The average Bonchev–Trinajstić information content (AvgIpc) is 2.44. The van der Waals surface area contributed by atoms with Gasteiger partial charge < -0.3 is 20.1 Å². The number of hydrogen-bond donors (Lipinski definition) is 2. The Morgan fingerprint density at radius 2 is 1.75 bits per heavy atom. The Hall–Kier alpha value is -1.75. The molecule has 1 aromatic rings. The van der Waals surface area contributed by atoms with Crippen LogP contribution in [0.3, 0.4) is 0 Å². The predicted molar refractivity (Wildman–Crippen MR) is 80.6 cm³/mol. The Morgan fingerprint density at radius 3 is 2.35 bits per heavy atom. The number of ether oxygens (including phenoxy) is 2. The Kier molecular flexibility index (Phi) is 7.50. The lowest BCUT2D eigenvalue weighted by Gasteiger charge is -2.14. The van der Waals surface area contributed by atoms with Gasteiger partial charge in [0.05, 0.1) is 19.8 Å². The summed E-state index contributed by atoms with van der Waals surface area (Å²) in [6.45, 7) is 5.65. The second-order valence-corrected chi connectivity index (χ2v) is 4.44. The van der Waals surface area contributed by atoms with Gasteiger partial charge in [-0.25, -0.2) is 0 Å². The van der Waals surface area contributed by atoms with E-state index in [2.05, 4.69) is 17.6 Å². The first-order chi connectivity index (χ1) is 9.71. The molecule has 0 bridgehead atoms. The monoisotopic (exact) mass is 280 g/mol. The molecule has 0 spiro atoms. The summed E-state index contributed by atoms with van der Waals surface area (Å²) in [6.07, 6.45) is 1.86. The van der Waals surface area contributed by atoms with Crippen molar-refractivity contribution in [3.8, 4) is 11.5 Å². The third kappa shape index (κ3) is 5.48. The number of nitrogens with one attached hydrogen (secondary N) is 2. The molecule has 0 atom stereocenters. The minimum Gasteiger partial charge on any atom is -0.490 e. The van der Waals surface area contributed by atoms with Crippen LogP contribution in [0.4, 0.5) is 5.69 Å². The van der Waals surface area contributed by atoms with Gasteiger partial charge in [-0.3, -0.25) is 4.79 Å². The number of likely N-dealkylation sites (N-methyl/N-ethyl adjacent to an activating group) is 1. The van der Waals surface area contributed by atoms with Gasteiger partial charge in [-0.2, -0.15) is 0 Å². The maximum Gasteiger partial charge on any atom is 0.238 e. The minimum absolute atomic E-state index is 0.0869. The van der Waals surface area contributed by atoms with E-state index in [9.17, 15) is 4.79 Å². The summed E-state index contributed by atoms with van der Waals surface area (Å²) in [5.74, 6) is 1.30. The Balaban J connectivity index is 2.79. The van der Waals surface area contributed by atoms with Crippen LogP contribution in [0.15, 0.2) is 18.2 Å². The molecule has 1 rings (SSSR count). The van der Waals surface area contributed by atoms with Crippen LogP contribution < -0.4 is 20.1 Å². The minimum atomic E-state index is -0.0869. The van der Waals surface area contributed by atoms with Gasteiger partial charge in [-0.15, -0.1) is 0 Å². The van der Waals surface area contributed by atoms with Crippen LogP contribution in [-0.4, -0.2) is 32.7 Å². The molecule has 0 saturated heterocycles. The fourth-order valence-electron chi connectivity index (χ4n) is 1.61. The molecular weight excluding hydrogens is 256 g/mol. The van der Waals surface area contributed by atoms with Crippen LogP contribution in [-0.2, 0) is 4.79 Å². The number of benzene rings is 1. The molecule has 0 aliphatic heterocycles. The SMILES string of the molecule is CCCOc1ccc(NC(=O)CNC)cc1OCCC. The molecule has 1 amide bonds. The molecule has 0 fully saturated rings. The van der Waals surface area contributed by atoms with E-state index in [4.69, 9.17) is 9.47 Å². The van der Waals surface area contributed by atoms with E-state index in [1.165, 1.54) is 0 Å². The third-order valence-electron chi connectivity index (χ3n) is 2.49. The normalized spacial score (nSPS) is 10.2. The molecule has 1 aromatic carbocycles. The number of amides is 1. The summed E-state index contributed by atoms with van der Waals surface area (Å²) in [5, 5.41) is 5.61. The topological polar surface area (TPSA) is 59.6 Å². The van der Waals surface area contributed by atoms with Crippen LogP contribution in [0.2, 0.25) is 0 Å². The van der Waals surface area contributed by atoms with Crippen molar-refractivity contribution in [1.82, 2.24) is 5.32 Å². The van der Waals surface area contributed by atoms with Gasteiger partial charge in [-0.1, -0.05) is 13.8 Å². The second kappa shape index (κ2) is 9.20. The Bertz CT molecular complexity index is 422. The fourth-order valence-corrected chi connectivity index (χ4v) is 1.61. The van der Waals surface area contributed by atoms with Gasteiger partial charge in [0.2, 0.25) is 5.91 Å². The number of carbonyl (C=O) groups is 1. The highest BCUT2D eigenvalue weighted by molar-refractivity contribution is 5.92. The van der Waals surface area contributed by atoms with E-state index in [-0.39, 0.29) is 12.5 Å². The van der Waals surface area contributed by atoms with Crippen LogP contribution in [0.1, 0.15) is 26.7 Å². The maximum atomic E-state index is 11.5. The molecule has 5 nitrogen and oxygen atoms in total. The van der Waals surface area contributed by atoms with Crippen LogP contribution >= 0.6 is 0 Å². The average molecular weight is 280 g/mol. The molecule has 0 heterocycles. The van der Waals surface area contributed by atoms with E-state index in [1.54, 1.807) is 13.1 Å². The summed E-state index contributed by atoms with van der Waals surface area (Å²) >= 11 is 0. The second-order valence-electron chi connectivity index (χ2n) is 4.44. The lowest BCUT2D eigenvalue weighted by molar-refractivity contribution is -0.115. The highest BCUT2D eigenvalue weighted by atomic mass is 16.5. The zero-order valence-electron chi connectivity index (χ0n) is 12.5. The molecule has 0 radical (unpaired) electrons. The molecular formula is C15H24N2O3. The van der Waals surface area contributed by atoms with Gasteiger partial charge in [0.1, 0.15) is 0 Å². The quantitative estimate of drug-likeness (QED) is 0.729. The van der Waals surface area contributed by atoms with E-state index in [0.717, 1.165) is 12.8 Å². The largest absolute Gasteiger partial charge is 0.490 e. The molecule has 112 valence electrons. The maximum absolute atomic E-state index is 11.5. The van der Waals surface area contributed by atoms with Gasteiger partial charge >= 0.3 is 0 Å². The molecule has 5 heteroatoms. The van der Waals surface area contributed by atoms with Crippen molar-refractivity contribution in [3.63, 3.8) is 0 Å². The van der Waals surface area contributed by atoms with Crippen LogP contribution in [0.25, 0.3) is 0 Å². The van der Waals surface area contributed by atoms with E-state index in [0.29, 0.717) is 30.4 Å². The van der Waals surface area contributed by atoms with Crippen molar-refractivity contribution in [3.05, 3.63) is 18.2 Å². The van der Waals surface area contributed by atoms with Crippen LogP contribution in [0.5, 0.6) is 11.5 Å². The predicted octanol–water partition coefficient (Wildman–Crippen LogP) is 2.42. The first-order valence-corrected chi connectivity index (χ1v) is 7.05. The number of carbonyl (C=O) groups excluding carboxylic acids is 1. The van der Waals surface area contributed by atoms with Crippen molar-refractivity contribution < 1.29 is 14.3 Å². The van der Waals surface area contributed by atoms with Crippen molar-refractivity contribution in [2.45, 2.75) is 26.7 Å². The molecule has 2 N–H and O–H groups in total. The number of rotatable bonds is 9. The van der Waals surface area contributed by atoms with Gasteiger partial charge in [0, 0.05) is 11.8 Å². The summed E-state index contributed by atoms with van der Waals surface area (Å²) in [4.78, 5) is 11.5. The lowest BCUT2D eigenvalue weighted by atomic mass is 10.2. The van der Waals surface area contributed by atoms with E-state index >= 15 is 0 Å². The Morgan fingerprint density at radius 1 is 1.10 bits per heavy atom. The van der Waals surface area contributed by atoms with Gasteiger partial charge in [0.15, 0.2) is 11.5 Å². The number of anilines is 1. The zero-order chi connectivity index (χ0) is 14.8. The zero-order valence-corrected chi connectivity index (χ0v) is 12.5. The molecule has 0 aliphatic carbocycles. The van der Waals surface area contributed by atoms with Gasteiger partial charge in [0.25, 0.3) is 0 Å². The molecule has 20 heavy (non-hydrogen) atoms. The first-order valence-electron chi connectivity index (χ1n) is 7.05. The fraction of sp³-hybridized carbons (Fsp3) is 0.533. The summed E-state index contributed by atoms with van der Waals surface area (Å²) in [6, 6.07) is 5.45. The summed E-state index contributed by atoms with van der Waals surface area (Å²) < 4.78 is 11.3. The van der Waals surface area contributed by atoms with Crippen molar-refractivity contribution in [1.29, 1.82) is 0 Å². The van der Waals surface area contributed by atoms with E-state index in [1.807, 2.05) is 19.1 Å². The smallest absolute Gasteiger partial charge is 0.238 e. The van der Waals surface area contributed by atoms with Crippen LogP contribution in [0, 0.1) is 0 Å².